The smallest absolute Gasteiger partial charge is 0.220 e. The minimum Gasteiger partial charge on any atom is -0.497 e. The fraction of sp³-hybridized carbons (Fsp3) is 0.350. The normalized spacial score (nSPS) is 10.4. The van der Waals surface area contributed by atoms with Crippen LogP contribution in [-0.2, 0) is 17.0 Å². The minimum absolute atomic E-state index is 0.0126. The maximum Gasteiger partial charge on any atom is 0.220 e. The number of hydrogen-bond donors (Lipinski definition) is 1. The summed E-state index contributed by atoms with van der Waals surface area (Å²) < 4.78 is 24.0. The van der Waals surface area contributed by atoms with E-state index in [0.29, 0.717) is 30.7 Å². The maximum absolute atomic E-state index is 13.5. The van der Waals surface area contributed by atoms with Crippen molar-refractivity contribution in [3.05, 3.63) is 59.4 Å². The van der Waals surface area contributed by atoms with Gasteiger partial charge in [0.15, 0.2) is 0 Å². The Kier molecular flexibility index (Phi) is 8.28. The molecule has 0 aliphatic rings. The summed E-state index contributed by atoms with van der Waals surface area (Å²) in [7, 11) is 3.22. The van der Waals surface area contributed by atoms with Gasteiger partial charge in [-0.05, 0) is 41.8 Å². The molecule has 0 saturated heterocycles. The average molecular weight is 377 g/mol. The Labute approximate surface area is 158 Å². The summed E-state index contributed by atoms with van der Waals surface area (Å²) in [6, 6.07) is 12.3. The lowest BCUT2D eigenvalue weighted by Crippen LogP contribution is -2.26. The van der Waals surface area contributed by atoms with Crippen LogP contribution in [-0.4, -0.2) is 32.4 Å². The Morgan fingerprint density at radius 3 is 2.65 bits per heavy atom. The van der Waals surface area contributed by atoms with Crippen molar-refractivity contribution < 1.29 is 18.7 Å². The predicted octanol–water partition coefficient (Wildman–Crippen LogP) is 3.83. The van der Waals surface area contributed by atoms with Crippen LogP contribution in [0.4, 0.5) is 4.39 Å². The van der Waals surface area contributed by atoms with Gasteiger partial charge in [-0.15, -0.1) is 0 Å². The van der Waals surface area contributed by atoms with Gasteiger partial charge < -0.3 is 14.8 Å². The Hall–Kier alpha value is -2.21. The molecule has 26 heavy (non-hydrogen) atoms. The van der Waals surface area contributed by atoms with E-state index in [0.717, 1.165) is 22.8 Å². The van der Waals surface area contributed by atoms with Gasteiger partial charge >= 0.3 is 0 Å². The predicted molar refractivity (Wildman–Crippen MR) is 103 cm³/mol. The molecular formula is C20H24FNO3S. The number of carbonyl (C=O) groups excluding carboxylic acids is 1. The van der Waals surface area contributed by atoms with Crippen molar-refractivity contribution in [1.82, 2.24) is 5.32 Å². The van der Waals surface area contributed by atoms with Crippen LogP contribution in [0.25, 0.3) is 0 Å². The molecule has 0 saturated carbocycles. The third-order valence-corrected chi connectivity index (χ3v) is 4.90. The van der Waals surface area contributed by atoms with Crippen molar-refractivity contribution in [2.75, 3.05) is 26.5 Å². The van der Waals surface area contributed by atoms with Crippen LogP contribution in [0.2, 0.25) is 0 Å². The number of halogens is 1. The van der Waals surface area contributed by atoms with Gasteiger partial charge in [0.1, 0.15) is 17.3 Å². The number of carbonyl (C=O) groups is 1. The molecule has 1 amide bonds. The third kappa shape index (κ3) is 6.26. The largest absolute Gasteiger partial charge is 0.497 e. The van der Waals surface area contributed by atoms with Crippen LogP contribution in [0.3, 0.4) is 0 Å². The molecule has 0 aliphatic heterocycles. The molecule has 140 valence electrons. The number of benzene rings is 2. The lowest BCUT2D eigenvalue weighted by atomic mass is 10.1. The molecule has 2 rings (SSSR count). The third-order valence-electron chi connectivity index (χ3n) is 3.89. The first-order valence-electron chi connectivity index (χ1n) is 8.42. The summed E-state index contributed by atoms with van der Waals surface area (Å²) in [5.74, 6) is 2.63. The highest BCUT2D eigenvalue weighted by atomic mass is 32.2. The van der Waals surface area contributed by atoms with Crippen molar-refractivity contribution in [1.29, 1.82) is 0 Å². The fourth-order valence-electron chi connectivity index (χ4n) is 2.47. The standard InChI is InChI=1S/C20H24FNO3S/c1-24-17-8-9-19(25-2)15(13-17)7-10-20(23)22-11-12-26-14-16-5-3-4-6-18(16)21/h3-6,8-9,13H,7,10-12,14H2,1-2H3,(H,22,23). The Morgan fingerprint density at radius 2 is 1.92 bits per heavy atom. The number of rotatable bonds is 10. The fourth-order valence-corrected chi connectivity index (χ4v) is 3.32. The van der Waals surface area contributed by atoms with Crippen molar-refractivity contribution in [2.45, 2.75) is 18.6 Å². The molecule has 0 atom stereocenters. The highest BCUT2D eigenvalue weighted by molar-refractivity contribution is 7.98. The molecule has 0 aliphatic carbocycles. The zero-order valence-electron chi connectivity index (χ0n) is 15.1. The van der Waals surface area contributed by atoms with Gasteiger partial charge in [0.05, 0.1) is 14.2 Å². The van der Waals surface area contributed by atoms with Gasteiger partial charge in [-0.1, -0.05) is 18.2 Å². The Balaban J connectivity index is 1.68. The first-order valence-corrected chi connectivity index (χ1v) is 9.58. The molecular weight excluding hydrogens is 353 g/mol. The summed E-state index contributed by atoms with van der Waals surface area (Å²) in [6.07, 6.45) is 0.954. The number of amides is 1. The molecule has 2 aromatic carbocycles. The molecule has 6 heteroatoms. The average Bonchev–Trinajstić information content (AvgIpc) is 2.67. The highest BCUT2D eigenvalue weighted by Crippen LogP contribution is 2.25. The van der Waals surface area contributed by atoms with Crippen molar-refractivity contribution in [3.63, 3.8) is 0 Å². The zero-order chi connectivity index (χ0) is 18.8. The van der Waals surface area contributed by atoms with Gasteiger partial charge in [-0.2, -0.15) is 11.8 Å². The molecule has 0 fully saturated rings. The van der Waals surface area contributed by atoms with Crippen LogP contribution in [0.1, 0.15) is 17.5 Å². The second-order valence-electron chi connectivity index (χ2n) is 5.67. The number of thioether (sulfide) groups is 1. The Morgan fingerprint density at radius 1 is 1.12 bits per heavy atom. The van der Waals surface area contributed by atoms with Crippen LogP contribution >= 0.6 is 11.8 Å². The number of ether oxygens (including phenoxy) is 2. The van der Waals surface area contributed by atoms with E-state index >= 15 is 0 Å². The lowest BCUT2D eigenvalue weighted by molar-refractivity contribution is -0.120. The van der Waals surface area contributed by atoms with Gasteiger partial charge in [-0.3, -0.25) is 4.79 Å². The highest BCUT2D eigenvalue weighted by Gasteiger charge is 2.08. The van der Waals surface area contributed by atoms with Crippen molar-refractivity contribution in [2.24, 2.45) is 0 Å². The molecule has 1 N–H and O–H groups in total. The number of methoxy groups -OCH3 is 2. The molecule has 4 nitrogen and oxygen atoms in total. The molecule has 0 aromatic heterocycles. The SMILES string of the molecule is COc1ccc(OC)c(CCC(=O)NCCSCc2ccccc2F)c1. The molecule has 0 radical (unpaired) electrons. The molecule has 0 heterocycles. The Bertz CT molecular complexity index is 724. The van der Waals surface area contributed by atoms with E-state index in [2.05, 4.69) is 5.32 Å². The molecule has 0 unspecified atom stereocenters. The van der Waals surface area contributed by atoms with E-state index in [1.165, 1.54) is 6.07 Å². The van der Waals surface area contributed by atoms with E-state index in [1.54, 1.807) is 38.1 Å². The van der Waals surface area contributed by atoms with Crippen LogP contribution < -0.4 is 14.8 Å². The first kappa shape index (κ1) is 20.1. The van der Waals surface area contributed by atoms with Gasteiger partial charge in [-0.25, -0.2) is 4.39 Å². The first-order chi connectivity index (χ1) is 12.6. The summed E-state index contributed by atoms with van der Waals surface area (Å²) in [4.78, 5) is 12.0. The van der Waals surface area contributed by atoms with E-state index in [9.17, 15) is 9.18 Å². The number of hydrogen-bond acceptors (Lipinski definition) is 4. The lowest BCUT2D eigenvalue weighted by Gasteiger charge is -2.10. The zero-order valence-corrected chi connectivity index (χ0v) is 15.9. The number of nitrogens with one attached hydrogen (secondary N) is 1. The van der Waals surface area contributed by atoms with E-state index < -0.39 is 0 Å². The maximum atomic E-state index is 13.5. The quantitative estimate of drug-likeness (QED) is 0.640. The summed E-state index contributed by atoms with van der Waals surface area (Å²) >= 11 is 1.60. The van der Waals surface area contributed by atoms with Crippen LogP contribution in [0, 0.1) is 5.82 Å². The molecule has 2 aromatic rings. The van der Waals surface area contributed by atoms with E-state index in [1.807, 2.05) is 24.3 Å². The van der Waals surface area contributed by atoms with Gasteiger partial charge in [0.2, 0.25) is 5.91 Å². The second-order valence-corrected chi connectivity index (χ2v) is 6.78. The van der Waals surface area contributed by atoms with E-state index in [-0.39, 0.29) is 11.7 Å². The van der Waals surface area contributed by atoms with Crippen LogP contribution in [0.15, 0.2) is 42.5 Å². The monoisotopic (exact) mass is 377 g/mol. The van der Waals surface area contributed by atoms with Gasteiger partial charge in [0.25, 0.3) is 0 Å². The van der Waals surface area contributed by atoms with E-state index in [4.69, 9.17) is 9.47 Å². The van der Waals surface area contributed by atoms with Gasteiger partial charge in [0, 0.05) is 24.5 Å². The second kappa shape index (κ2) is 10.7. The summed E-state index contributed by atoms with van der Waals surface area (Å²) in [5, 5.41) is 2.89. The number of aryl methyl sites for hydroxylation is 1. The summed E-state index contributed by atoms with van der Waals surface area (Å²) in [6.45, 7) is 0.563. The minimum atomic E-state index is -0.184. The summed E-state index contributed by atoms with van der Waals surface area (Å²) in [5.41, 5.74) is 1.63. The molecule has 0 bridgehead atoms. The van der Waals surface area contributed by atoms with Crippen molar-refractivity contribution >= 4 is 17.7 Å². The topological polar surface area (TPSA) is 47.6 Å². The molecule has 0 spiro atoms. The van der Waals surface area contributed by atoms with Crippen LogP contribution in [0.5, 0.6) is 11.5 Å². The van der Waals surface area contributed by atoms with Crippen molar-refractivity contribution in [3.8, 4) is 11.5 Å².